The number of piperazine rings is 1. The average molecular weight is 372 g/mol. The Morgan fingerprint density at radius 1 is 1.29 bits per heavy atom. The summed E-state index contributed by atoms with van der Waals surface area (Å²) in [6.07, 6.45) is 0. The van der Waals surface area contributed by atoms with E-state index in [-0.39, 0.29) is 5.91 Å². The summed E-state index contributed by atoms with van der Waals surface area (Å²) in [5, 5.41) is 1.97. The van der Waals surface area contributed by atoms with E-state index in [4.69, 9.17) is 0 Å². The largest absolute Gasteiger partial charge is 0.335 e. The maximum Gasteiger partial charge on any atom is 0.264 e. The van der Waals surface area contributed by atoms with Crippen LogP contribution in [0.2, 0.25) is 0 Å². The molecule has 6 heteroatoms. The summed E-state index contributed by atoms with van der Waals surface area (Å²) in [7, 11) is 0. The van der Waals surface area contributed by atoms with Crippen molar-refractivity contribution in [2.75, 3.05) is 39.3 Å². The summed E-state index contributed by atoms with van der Waals surface area (Å²) in [6.45, 7) is 10.9. The predicted octanol–water partition coefficient (Wildman–Crippen LogP) is 2.36. The second-order valence-electron chi connectivity index (χ2n) is 6.16. The summed E-state index contributed by atoms with van der Waals surface area (Å²) in [4.78, 5) is 20.2. The summed E-state index contributed by atoms with van der Waals surface area (Å²) >= 11 is 4.93. The zero-order valence-corrected chi connectivity index (χ0v) is 15.0. The molecule has 0 aliphatic carbocycles. The van der Waals surface area contributed by atoms with Crippen LogP contribution in [0.25, 0.3) is 0 Å². The predicted molar refractivity (Wildman–Crippen MR) is 90.0 cm³/mol. The molecule has 0 aromatic carbocycles. The van der Waals surface area contributed by atoms with Gasteiger partial charge in [-0.2, -0.15) is 0 Å². The number of amides is 1. The van der Waals surface area contributed by atoms with Crippen molar-refractivity contribution in [3.05, 3.63) is 20.8 Å². The molecule has 0 bridgehead atoms. The fourth-order valence-corrected chi connectivity index (χ4v) is 4.45. The Bertz CT molecular complexity index is 505. The second-order valence-corrected chi connectivity index (χ2v) is 7.99. The van der Waals surface area contributed by atoms with Gasteiger partial charge in [0.1, 0.15) is 0 Å². The summed E-state index contributed by atoms with van der Waals surface area (Å²) < 4.78 is 0.998. The number of hydrogen-bond donors (Lipinski definition) is 0. The molecule has 2 aliphatic rings. The maximum atomic E-state index is 12.3. The smallest absolute Gasteiger partial charge is 0.264 e. The van der Waals surface area contributed by atoms with E-state index in [1.54, 1.807) is 0 Å². The van der Waals surface area contributed by atoms with Crippen molar-refractivity contribution in [2.24, 2.45) is 0 Å². The van der Waals surface area contributed by atoms with E-state index in [0.717, 1.165) is 48.6 Å². The van der Waals surface area contributed by atoms with E-state index in [9.17, 15) is 4.79 Å². The van der Waals surface area contributed by atoms with Crippen molar-refractivity contribution in [2.45, 2.75) is 25.9 Å². The summed E-state index contributed by atoms with van der Waals surface area (Å²) in [5.41, 5.74) is 0. The van der Waals surface area contributed by atoms with Gasteiger partial charge >= 0.3 is 0 Å². The van der Waals surface area contributed by atoms with Crippen LogP contribution in [0.5, 0.6) is 0 Å². The Balaban J connectivity index is 1.47. The van der Waals surface area contributed by atoms with Crippen LogP contribution in [0.1, 0.15) is 23.5 Å². The molecule has 4 nitrogen and oxygen atoms in total. The van der Waals surface area contributed by atoms with Crippen LogP contribution in [-0.4, -0.2) is 72.0 Å². The summed E-state index contributed by atoms with van der Waals surface area (Å²) in [5.74, 6) is 0.183. The lowest BCUT2D eigenvalue weighted by Gasteiger charge is -2.48. The number of hydrogen-bond acceptors (Lipinski definition) is 4. The van der Waals surface area contributed by atoms with Crippen molar-refractivity contribution in [3.63, 3.8) is 0 Å². The van der Waals surface area contributed by atoms with Crippen molar-refractivity contribution in [3.8, 4) is 0 Å². The van der Waals surface area contributed by atoms with Crippen LogP contribution >= 0.6 is 27.3 Å². The van der Waals surface area contributed by atoms with Crippen LogP contribution < -0.4 is 0 Å². The van der Waals surface area contributed by atoms with E-state index in [1.807, 2.05) is 16.3 Å². The van der Waals surface area contributed by atoms with E-state index in [0.29, 0.717) is 12.1 Å². The van der Waals surface area contributed by atoms with Gasteiger partial charge in [0.2, 0.25) is 0 Å². The van der Waals surface area contributed by atoms with Crippen LogP contribution in [0.3, 0.4) is 0 Å². The van der Waals surface area contributed by atoms with Gasteiger partial charge in [-0.15, -0.1) is 11.3 Å². The van der Waals surface area contributed by atoms with Crippen LogP contribution in [0.4, 0.5) is 0 Å². The molecule has 1 aromatic heterocycles. The van der Waals surface area contributed by atoms with Crippen molar-refractivity contribution in [1.82, 2.24) is 14.7 Å². The molecule has 0 N–H and O–H groups in total. The molecule has 0 unspecified atom stereocenters. The number of nitrogens with zero attached hydrogens (tertiary/aromatic N) is 3. The first-order chi connectivity index (χ1) is 10.0. The first-order valence-corrected chi connectivity index (χ1v) is 9.23. The molecule has 21 heavy (non-hydrogen) atoms. The number of rotatable bonds is 3. The van der Waals surface area contributed by atoms with Gasteiger partial charge < -0.3 is 4.90 Å². The number of carbonyl (C=O) groups is 1. The zero-order valence-electron chi connectivity index (χ0n) is 12.6. The number of likely N-dealkylation sites (tertiary alicyclic amines) is 1. The van der Waals surface area contributed by atoms with E-state index < -0.39 is 0 Å². The van der Waals surface area contributed by atoms with Crippen molar-refractivity contribution < 1.29 is 4.79 Å². The van der Waals surface area contributed by atoms with Gasteiger partial charge in [-0.3, -0.25) is 14.6 Å². The molecule has 3 rings (SSSR count). The SMILES string of the molecule is CC(C)N1CCN(C2CN(C(=O)c3cc(Br)cs3)C2)CC1. The minimum atomic E-state index is 0.183. The lowest BCUT2D eigenvalue weighted by atomic mass is 10.1. The molecular weight excluding hydrogens is 350 g/mol. The molecule has 0 radical (unpaired) electrons. The Kier molecular flexibility index (Phi) is 4.69. The molecular formula is C15H22BrN3OS. The van der Waals surface area contributed by atoms with Gasteiger partial charge in [0, 0.05) is 61.2 Å². The van der Waals surface area contributed by atoms with E-state index >= 15 is 0 Å². The lowest BCUT2D eigenvalue weighted by Crippen LogP contribution is -2.64. The Morgan fingerprint density at radius 3 is 2.48 bits per heavy atom. The van der Waals surface area contributed by atoms with Gasteiger partial charge in [0.05, 0.1) is 4.88 Å². The van der Waals surface area contributed by atoms with Gasteiger partial charge in [-0.25, -0.2) is 0 Å². The van der Waals surface area contributed by atoms with Crippen molar-refractivity contribution in [1.29, 1.82) is 0 Å². The molecule has 0 saturated carbocycles. The highest BCUT2D eigenvalue weighted by atomic mass is 79.9. The molecule has 3 heterocycles. The lowest BCUT2D eigenvalue weighted by molar-refractivity contribution is 0.00342. The molecule has 116 valence electrons. The minimum Gasteiger partial charge on any atom is -0.335 e. The maximum absolute atomic E-state index is 12.3. The van der Waals surface area contributed by atoms with Gasteiger partial charge in [-0.05, 0) is 35.8 Å². The topological polar surface area (TPSA) is 26.8 Å². The van der Waals surface area contributed by atoms with Gasteiger partial charge in [0.15, 0.2) is 0 Å². The highest BCUT2D eigenvalue weighted by Crippen LogP contribution is 2.25. The number of carbonyl (C=O) groups excluding carboxylic acids is 1. The van der Waals surface area contributed by atoms with Crippen molar-refractivity contribution >= 4 is 33.2 Å². The summed E-state index contributed by atoms with van der Waals surface area (Å²) in [6, 6.07) is 3.12. The zero-order chi connectivity index (χ0) is 15.0. The molecule has 1 amide bonds. The van der Waals surface area contributed by atoms with Crippen LogP contribution in [0, 0.1) is 0 Å². The fourth-order valence-electron chi connectivity index (χ4n) is 3.05. The monoisotopic (exact) mass is 371 g/mol. The molecule has 1 aromatic rings. The van der Waals surface area contributed by atoms with Gasteiger partial charge in [0.25, 0.3) is 5.91 Å². The van der Waals surface area contributed by atoms with E-state index in [1.165, 1.54) is 11.3 Å². The highest BCUT2D eigenvalue weighted by molar-refractivity contribution is 9.10. The molecule has 2 fully saturated rings. The first kappa shape index (κ1) is 15.5. The highest BCUT2D eigenvalue weighted by Gasteiger charge is 2.36. The normalized spacial score (nSPS) is 21.8. The third-order valence-corrected chi connectivity index (χ3v) is 6.20. The third-order valence-electron chi connectivity index (χ3n) is 4.52. The molecule has 0 spiro atoms. The quantitative estimate of drug-likeness (QED) is 0.815. The number of thiophene rings is 1. The fraction of sp³-hybridized carbons (Fsp3) is 0.667. The van der Waals surface area contributed by atoms with E-state index in [2.05, 4.69) is 39.6 Å². The van der Waals surface area contributed by atoms with Gasteiger partial charge in [-0.1, -0.05) is 0 Å². The Labute approximate surface area is 138 Å². The standard InChI is InChI=1S/C15H22BrN3OS/c1-11(2)17-3-5-18(6-4-17)13-8-19(9-13)15(20)14-7-12(16)10-21-14/h7,10-11,13H,3-6,8-9H2,1-2H3. The first-order valence-electron chi connectivity index (χ1n) is 7.56. The van der Waals surface area contributed by atoms with Crippen LogP contribution in [0.15, 0.2) is 15.9 Å². The Hall–Kier alpha value is -0.430. The van der Waals surface area contributed by atoms with Crippen LogP contribution in [-0.2, 0) is 0 Å². The minimum absolute atomic E-state index is 0.183. The third kappa shape index (κ3) is 3.33. The second kappa shape index (κ2) is 6.36. The number of halogens is 1. The Morgan fingerprint density at radius 2 is 1.95 bits per heavy atom. The average Bonchev–Trinajstić information content (AvgIpc) is 2.84. The molecule has 0 atom stereocenters. The molecule has 2 saturated heterocycles. The molecule has 2 aliphatic heterocycles.